The van der Waals surface area contributed by atoms with Crippen molar-refractivity contribution >= 4 is 27.0 Å². The minimum absolute atomic E-state index is 0.0893. The summed E-state index contributed by atoms with van der Waals surface area (Å²) in [7, 11) is -3.29. The Hall–Kier alpha value is -2.25. The van der Waals surface area contributed by atoms with Gasteiger partial charge in [0.1, 0.15) is 10.8 Å². The first-order valence-electron chi connectivity index (χ1n) is 8.17. The number of sulfonamides is 1. The third-order valence-electron chi connectivity index (χ3n) is 4.46. The summed E-state index contributed by atoms with van der Waals surface area (Å²) < 4.78 is 39.0. The zero-order chi connectivity index (χ0) is 18.5. The normalized spacial score (nSPS) is 16.7. The highest BCUT2D eigenvalue weighted by molar-refractivity contribution is 7.92. The standard InChI is InChI=1S/C19H17FN2O2S2/c1-12-8-15-9-13(6-7-18(15)22(12)26(2,23)24)17-11-25-19(21-17)14-4-3-5-16(20)10-14/h3-7,9-12H,8H2,1-2H3/t12-/m0/s1. The number of rotatable bonds is 3. The monoisotopic (exact) mass is 388 g/mol. The van der Waals surface area contributed by atoms with Gasteiger partial charge in [0.05, 0.1) is 17.6 Å². The Balaban J connectivity index is 1.70. The Morgan fingerprint density at radius 1 is 1.19 bits per heavy atom. The zero-order valence-corrected chi connectivity index (χ0v) is 15.9. The molecule has 26 heavy (non-hydrogen) atoms. The van der Waals surface area contributed by atoms with Crippen LogP contribution in [0.15, 0.2) is 47.8 Å². The van der Waals surface area contributed by atoms with E-state index < -0.39 is 10.0 Å². The Labute approximate surface area is 156 Å². The molecule has 0 unspecified atom stereocenters. The topological polar surface area (TPSA) is 50.3 Å². The van der Waals surface area contributed by atoms with E-state index in [1.165, 1.54) is 34.0 Å². The summed E-state index contributed by atoms with van der Waals surface area (Å²) in [5, 5.41) is 2.69. The van der Waals surface area contributed by atoms with Crippen molar-refractivity contribution in [3.05, 3.63) is 59.2 Å². The molecule has 1 aliphatic rings. The lowest BCUT2D eigenvalue weighted by Crippen LogP contribution is -2.34. The highest BCUT2D eigenvalue weighted by atomic mass is 32.2. The van der Waals surface area contributed by atoms with Crippen molar-refractivity contribution < 1.29 is 12.8 Å². The van der Waals surface area contributed by atoms with Crippen LogP contribution in [-0.4, -0.2) is 25.7 Å². The fourth-order valence-corrected chi connectivity index (χ4v) is 5.52. The van der Waals surface area contributed by atoms with Crippen molar-refractivity contribution in [1.82, 2.24) is 4.98 Å². The van der Waals surface area contributed by atoms with Gasteiger partial charge in [0, 0.05) is 22.5 Å². The maximum Gasteiger partial charge on any atom is 0.232 e. The first-order chi connectivity index (χ1) is 12.3. The van der Waals surface area contributed by atoms with Crippen molar-refractivity contribution in [2.45, 2.75) is 19.4 Å². The number of halogens is 1. The van der Waals surface area contributed by atoms with Gasteiger partial charge in [-0.15, -0.1) is 11.3 Å². The van der Waals surface area contributed by atoms with Crippen LogP contribution in [0.3, 0.4) is 0 Å². The van der Waals surface area contributed by atoms with Crippen LogP contribution < -0.4 is 4.31 Å². The van der Waals surface area contributed by atoms with Crippen LogP contribution >= 0.6 is 11.3 Å². The largest absolute Gasteiger partial charge is 0.267 e. The van der Waals surface area contributed by atoms with Crippen molar-refractivity contribution in [1.29, 1.82) is 0 Å². The van der Waals surface area contributed by atoms with Crippen LogP contribution in [0.4, 0.5) is 10.1 Å². The average Bonchev–Trinajstić information content (AvgIpc) is 3.17. The minimum Gasteiger partial charge on any atom is -0.267 e. The quantitative estimate of drug-likeness (QED) is 0.671. The zero-order valence-electron chi connectivity index (χ0n) is 14.3. The lowest BCUT2D eigenvalue weighted by molar-refractivity contribution is 0.590. The van der Waals surface area contributed by atoms with Gasteiger partial charge in [-0.05, 0) is 43.2 Å². The molecule has 2 aromatic carbocycles. The van der Waals surface area contributed by atoms with E-state index in [2.05, 4.69) is 4.98 Å². The number of hydrogen-bond donors (Lipinski definition) is 0. The van der Waals surface area contributed by atoms with Crippen LogP contribution in [0.5, 0.6) is 0 Å². The van der Waals surface area contributed by atoms with Crippen molar-refractivity contribution in [3.8, 4) is 21.8 Å². The molecule has 0 amide bonds. The fraction of sp³-hybridized carbons (Fsp3) is 0.211. The van der Waals surface area contributed by atoms with Gasteiger partial charge in [0.25, 0.3) is 0 Å². The molecule has 0 radical (unpaired) electrons. The van der Waals surface area contributed by atoms with Gasteiger partial charge in [-0.1, -0.05) is 18.2 Å². The lowest BCUT2D eigenvalue weighted by Gasteiger charge is -2.21. The summed E-state index contributed by atoms with van der Waals surface area (Å²) in [6.07, 6.45) is 1.91. The second-order valence-electron chi connectivity index (χ2n) is 6.50. The molecule has 7 heteroatoms. The third kappa shape index (κ3) is 3.01. The van der Waals surface area contributed by atoms with E-state index in [1.54, 1.807) is 6.07 Å². The molecule has 0 saturated heterocycles. The predicted octanol–water partition coefficient (Wildman–Crippen LogP) is 4.33. The van der Waals surface area contributed by atoms with Gasteiger partial charge in [0.15, 0.2) is 0 Å². The lowest BCUT2D eigenvalue weighted by atomic mass is 10.1. The summed E-state index contributed by atoms with van der Waals surface area (Å²) in [6.45, 7) is 1.91. The molecule has 4 nitrogen and oxygen atoms in total. The van der Waals surface area contributed by atoms with Crippen LogP contribution in [-0.2, 0) is 16.4 Å². The van der Waals surface area contributed by atoms with Crippen LogP contribution in [0.25, 0.3) is 21.8 Å². The number of anilines is 1. The molecule has 1 aromatic heterocycles. The Bertz CT molecular complexity index is 1090. The van der Waals surface area contributed by atoms with Crippen molar-refractivity contribution in [3.63, 3.8) is 0 Å². The van der Waals surface area contributed by atoms with Gasteiger partial charge in [0.2, 0.25) is 10.0 Å². The molecule has 0 N–H and O–H groups in total. The summed E-state index contributed by atoms with van der Waals surface area (Å²) in [5.41, 5.74) is 4.23. The molecule has 4 rings (SSSR count). The van der Waals surface area contributed by atoms with Gasteiger partial charge < -0.3 is 0 Å². The number of fused-ring (bicyclic) bond motifs is 1. The Kier molecular flexibility index (Phi) is 4.08. The Morgan fingerprint density at radius 2 is 2.00 bits per heavy atom. The molecular weight excluding hydrogens is 371 g/mol. The molecular formula is C19H17FN2O2S2. The summed E-state index contributed by atoms with van der Waals surface area (Å²) >= 11 is 1.46. The van der Waals surface area contributed by atoms with E-state index in [1.807, 2.05) is 36.6 Å². The summed E-state index contributed by atoms with van der Waals surface area (Å²) in [4.78, 5) is 4.62. The molecule has 1 aliphatic heterocycles. The molecule has 1 atom stereocenters. The fourth-order valence-electron chi connectivity index (χ4n) is 3.43. The Morgan fingerprint density at radius 3 is 2.73 bits per heavy atom. The van der Waals surface area contributed by atoms with E-state index in [4.69, 9.17) is 0 Å². The predicted molar refractivity (Wildman–Crippen MR) is 103 cm³/mol. The van der Waals surface area contributed by atoms with Crippen molar-refractivity contribution in [2.24, 2.45) is 0 Å². The van der Waals surface area contributed by atoms with Gasteiger partial charge in [-0.2, -0.15) is 0 Å². The van der Waals surface area contributed by atoms with Gasteiger partial charge >= 0.3 is 0 Å². The molecule has 134 valence electrons. The van der Waals surface area contributed by atoms with E-state index in [0.29, 0.717) is 6.42 Å². The molecule has 0 saturated carbocycles. The van der Waals surface area contributed by atoms with E-state index in [9.17, 15) is 12.8 Å². The molecule has 0 bridgehead atoms. The second-order valence-corrected chi connectivity index (χ2v) is 9.22. The number of nitrogens with zero attached hydrogens (tertiary/aromatic N) is 2. The summed E-state index contributed by atoms with van der Waals surface area (Å²) in [5.74, 6) is -0.286. The summed E-state index contributed by atoms with van der Waals surface area (Å²) in [6, 6.07) is 12.0. The molecule has 0 spiro atoms. The number of aromatic nitrogens is 1. The van der Waals surface area contributed by atoms with Crippen LogP contribution in [0.2, 0.25) is 0 Å². The smallest absolute Gasteiger partial charge is 0.232 e. The van der Waals surface area contributed by atoms with Crippen LogP contribution in [0.1, 0.15) is 12.5 Å². The highest BCUT2D eigenvalue weighted by Crippen LogP contribution is 2.37. The number of thiazole rings is 1. The second kappa shape index (κ2) is 6.17. The van der Waals surface area contributed by atoms with Gasteiger partial charge in [-0.3, -0.25) is 4.31 Å². The maximum absolute atomic E-state index is 13.4. The van der Waals surface area contributed by atoms with E-state index >= 15 is 0 Å². The molecule has 0 fully saturated rings. The van der Waals surface area contributed by atoms with Crippen LogP contribution in [0, 0.1) is 5.82 Å². The average molecular weight is 388 g/mol. The highest BCUT2D eigenvalue weighted by Gasteiger charge is 2.32. The minimum atomic E-state index is -3.29. The van der Waals surface area contributed by atoms with E-state index in [0.717, 1.165) is 33.1 Å². The van der Waals surface area contributed by atoms with E-state index in [-0.39, 0.29) is 11.9 Å². The maximum atomic E-state index is 13.4. The first kappa shape index (κ1) is 17.2. The SMILES string of the molecule is C[C@H]1Cc2cc(-c3csc(-c4cccc(F)c4)n3)ccc2N1S(C)(=O)=O. The molecule has 2 heterocycles. The third-order valence-corrected chi connectivity index (χ3v) is 6.62. The van der Waals surface area contributed by atoms with Gasteiger partial charge in [-0.25, -0.2) is 17.8 Å². The molecule has 0 aliphatic carbocycles. The first-order valence-corrected chi connectivity index (χ1v) is 10.9. The van der Waals surface area contributed by atoms with Crippen molar-refractivity contribution in [2.75, 3.05) is 10.6 Å². The number of hydrogen-bond acceptors (Lipinski definition) is 4. The molecule has 3 aromatic rings. The number of benzene rings is 2.